The average Bonchev–Trinajstić information content (AvgIpc) is 2.75. The zero-order valence-electron chi connectivity index (χ0n) is 16.8. The number of rotatable bonds is 6. The normalized spacial score (nSPS) is 21.4. The average molecular weight is 414 g/mol. The summed E-state index contributed by atoms with van der Waals surface area (Å²) >= 11 is 6.03. The molecule has 0 unspecified atom stereocenters. The van der Waals surface area contributed by atoms with E-state index in [4.69, 9.17) is 16.3 Å². The Balaban J connectivity index is 1.52. The van der Waals surface area contributed by atoms with Crippen molar-refractivity contribution < 1.29 is 9.53 Å². The quantitative estimate of drug-likeness (QED) is 0.739. The van der Waals surface area contributed by atoms with Crippen molar-refractivity contribution in [3.8, 4) is 0 Å². The van der Waals surface area contributed by atoms with Crippen molar-refractivity contribution in [2.24, 2.45) is 5.92 Å². The van der Waals surface area contributed by atoms with E-state index in [9.17, 15) is 4.79 Å². The Morgan fingerprint density at radius 3 is 2.76 bits per heavy atom. The van der Waals surface area contributed by atoms with Crippen LogP contribution in [0.3, 0.4) is 0 Å². The van der Waals surface area contributed by atoms with Crippen LogP contribution in [0.25, 0.3) is 0 Å². The van der Waals surface area contributed by atoms with E-state index in [0.717, 1.165) is 37.6 Å². The number of nitrogens with one attached hydrogen (secondary N) is 1. The van der Waals surface area contributed by atoms with Crippen LogP contribution in [0.2, 0.25) is 5.02 Å². The van der Waals surface area contributed by atoms with Gasteiger partial charge in [0.25, 0.3) is 0 Å². The number of hydrogen-bond donors (Lipinski definition) is 1. The van der Waals surface area contributed by atoms with E-state index in [0.29, 0.717) is 13.2 Å². The molecule has 1 saturated heterocycles. The molecule has 0 bridgehead atoms. The predicted molar refractivity (Wildman–Crippen MR) is 116 cm³/mol. The van der Waals surface area contributed by atoms with Crippen LogP contribution in [0.1, 0.15) is 11.1 Å². The lowest BCUT2D eigenvalue weighted by Crippen LogP contribution is -2.61. The van der Waals surface area contributed by atoms with Gasteiger partial charge in [0.1, 0.15) is 0 Å². The molecule has 0 aromatic heterocycles. The summed E-state index contributed by atoms with van der Waals surface area (Å²) in [6.07, 6.45) is 0.783. The van der Waals surface area contributed by atoms with Crippen LogP contribution in [0.5, 0.6) is 0 Å². The maximum Gasteiger partial charge on any atom is 0.225 e. The van der Waals surface area contributed by atoms with Crippen molar-refractivity contribution in [2.75, 3.05) is 44.8 Å². The molecule has 154 valence electrons. The molecule has 0 aliphatic carbocycles. The molecule has 2 atom stereocenters. The van der Waals surface area contributed by atoms with Gasteiger partial charge in [0.05, 0.1) is 18.6 Å². The van der Waals surface area contributed by atoms with Crippen molar-refractivity contribution >= 4 is 23.2 Å². The summed E-state index contributed by atoms with van der Waals surface area (Å²) in [4.78, 5) is 17.9. The topological polar surface area (TPSA) is 44.8 Å². The fraction of sp³-hybridized carbons (Fsp3) is 0.435. The summed E-state index contributed by atoms with van der Waals surface area (Å²) in [6.45, 7) is 4.74. The molecule has 2 aromatic rings. The predicted octanol–water partition coefficient (Wildman–Crippen LogP) is 2.97. The minimum Gasteiger partial charge on any atom is -0.383 e. The molecule has 1 N–H and O–H groups in total. The van der Waals surface area contributed by atoms with Crippen LogP contribution in [0, 0.1) is 5.92 Å². The number of amides is 1. The van der Waals surface area contributed by atoms with Crippen molar-refractivity contribution in [1.82, 2.24) is 10.2 Å². The highest BCUT2D eigenvalue weighted by Gasteiger charge is 2.41. The zero-order valence-corrected chi connectivity index (χ0v) is 17.6. The molecule has 0 radical (unpaired) electrons. The Labute approximate surface area is 177 Å². The Kier molecular flexibility index (Phi) is 6.38. The molecule has 1 fully saturated rings. The summed E-state index contributed by atoms with van der Waals surface area (Å²) in [5, 5.41) is 3.82. The minimum absolute atomic E-state index is 0.0604. The van der Waals surface area contributed by atoms with Crippen LogP contribution < -0.4 is 10.2 Å². The minimum atomic E-state index is -0.0604. The molecule has 5 nitrogen and oxygen atoms in total. The van der Waals surface area contributed by atoms with E-state index in [1.54, 1.807) is 7.11 Å². The lowest BCUT2D eigenvalue weighted by Gasteiger charge is -2.49. The monoisotopic (exact) mass is 413 g/mol. The smallest absolute Gasteiger partial charge is 0.225 e. The lowest BCUT2D eigenvalue weighted by atomic mass is 9.83. The Bertz CT molecular complexity index is 842. The highest BCUT2D eigenvalue weighted by Crippen LogP contribution is 2.36. The number of fused-ring (bicyclic) bond motifs is 3. The number of carbonyl (C=O) groups excluding carboxylic acids is 1. The second-order valence-electron chi connectivity index (χ2n) is 7.85. The first kappa shape index (κ1) is 20.2. The van der Waals surface area contributed by atoms with Crippen molar-refractivity contribution in [2.45, 2.75) is 19.0 Å². The molecule has 2 aliphatic heterocycles. The van der Waals surface area contributed by atoms with Crippen LogP contribution in [-0.4, -0.2) is 56.7 Å². The van der Waals surface area contributed by atoms with Gasteiger partial charge in [0.15, 0.2) is 0 Å². The largest absolute Gasteiger partial charge is 0.383 e. The van der Waals surface area contributed by atoms with Crippen LogP contribution >= 0.6 is 11.6 Å². The van der Waals surface area contributed by atoms with Crippen LogP contribution in [0.4, 0.5) is 5.69 Å². The molecular formula is C23H28ClN3O2. The summed E-state index contributed by atoms with van der Waals surface area (Å²) in [5.41, 5.74) is 3.80. The maximum atomic E-state index is 13.0. The fourth-order valence-electron chi connectivity index (χ4n) is 4.52. The Morgan fingerprint density at radius 2 is 1.97 bits per heavy atom. The van der Waals surface area contributed by atoms with E-state index >= 15 is 0 Å². The summed E-state index contributed by atoms with van der Waals surface area (Å²) < 4.78 is 5.09. The molecule has 1 amide bonds. The van der Waals surface area contributed by atoms with Gasteiger partial charge in [-0.3, -0.25) is 9.69 Å². The number of methoxy groups -OCH3 is 1. The van der Waals surface area contributed by atoms with Gasteiger partial charge in [-0.2, -0.15) is 0 Å². The highest BCUT2D eigenvalue weighted by molar-refractivity contribution is 6.30. The standard InChI is InChI=1S/C23H28ClN3O2/c1-29-13-10-25-23(28)20-14-18-4-2-3-5-21(18)27-12-11-26(16-22(20)27)15-17-6-8-19(24)9-7-17/h2-9,20,22H,10-16H2,1H3,(H,25,28)/t20-,22+/m1/s1. The fourth-order valence-corrected chi connectivity index (χ4v) is 4.64. The van der Waals surface area contributed by atoms with E-state index in [1.165, 1.54) is 16.8 Å². The Morgan fingerprint density at radius 1 is 1.17 bits per heavy atom. The van der Waals surface area contributed by atoms with Crippen molar-refractivity contribution in [1.29, 1.82) is 0 Å². The number of ether oxygens (including phenoxy) is 1. The van der Waals surface area contributed by atoms with Gasteiger partial charge in [0.2, 0.25) is 5.91 Å². The van der Waals surface area contributed by atoms with E-state index in [2.05, 4.69) is 51.5 Å². The van der Waals surface area contributed by atoms with E-state index in [-0.39, 0.29) is 17.9 Å². The molecule has 6 heteroatoms. The summed E-state index contributed by atoms with van der Waals surface area (Å²) in [7, 11) is 1.65. The number of hydrogen-bond acceptors (Lipinski definition) is 4. The van der Waals surface area contributed by atoms with Crippen molar-refractivity contribution in [3.63, 3.8) is 0 Å². The first-order chi connectivity index (χ1) is 14.2. The van der Waals surface area contributed by atoms with Gasteiger partial charge >= 0.3 is 0 Å². The highest BCUT2D eigenvalue weighted by atomic mass is 35.5. The molecule has 29 heavy (non-hydrogen) atoms. The van der Waals surface area contributed by atoms with Crippen molar-refractivity contribution in [3.05, 3.63) is 64.7 Å². The third kappa shape index (κ3) is 4.58. The molecule has 0 spiro atoms. The van der Waals surface area contributed by atoms with Gasteiger partial charge in [-0.25, -0.2) is 0 Å². The van der Waals surface area contributed by atoms with Gasteiger partial charge in [-0.05, 0) is 35.7 Å². The summed E-state index contributed by atoms with van der Waals surface area (Å²) in [6, 6.07) is 16.7. The number of anilines is 1. The van der Waals surface area contributed by atoms with Crippen LogP contribution in [-0.2, 0) is 22.5 Å². The number of nitrogens with zero attached hydrogens (tertiary/aromatic N) is 2. The zero-order chi connectivity index (χ0) is 20.2. The van der Waals surface area contributed by atoms with Gasteiger partial charge in [-0.1, -0.05) is 41.9 Å². The second kappa shape index (κ2) is 9.16. The first-order valence-electron chi connectivity index (χ1n) is 10.2. The van der Waals surface area contributed by atoms with E-state index < -0.39 is 0 Å². The number of para-hydroxylation sites is 1. The third-order valence-corrected chi connectivity index (χ3v) is 6.22. The Hall–Kier alpha value is -2.08. The number of halogens is 1. The lowest BCUT2D eigenvalue weighted by molar-refractivity contribution is -0.126. The maximum absolute atomic E-state index is 13.0. The van der Waals surface area contributed by atoms with Gasteiger partial charge in [0, 0.05) is 50.5 Å². The number of benzene rings is 2. The van der Waals surface area contributed by atoms with E-state index in [1.807, 2.05) is 12.1 Å². The van der Waals surface area contributed by atoms with Gasteiger partial charge < -0.3 is 15.0 Å². The molecular weight excluding hydrogens is 386 g/mol. The number of piperazine rings is 1. The summed E-state index contributed by atoms with van der Waals surface area (Å²) in [5.74, 6) is 0.0645. The third-order valence-electron chi connectivity index (χ3n) is 5.97. The second-order valence-corrected chi connectivity index (χ2v) is 8.28. The SMILES string of the molecule is COCCNC(=O)[C@@H]1Cc2ccccc2N2CCN(Cc3ccc(Cl)cc3)C[C@@H]12. The first-order valence-corrected chi connectivity index (χ1v) is 10.6. The van der Waals surface area contributed by atoms with Crippen LogP contribution in [0.15, 0.2) is 48.5 Å². The number of carbonyl (C=O) groups is 1. The molecule has 0 saturated carbocycles. The molecule has 2 heterocycles. The molecule has 2 aliphatic rings. The van der Waals surface area contributed by atoms with Gasteiger partial charge in [-0.15, -0.1) is 0 Å². The molecule has 2 aromatic carbocycles. The molecule has 4 rings (SSSR count).